The van der Waals surface area contributed by atoms with Crippen LogP contribution in [0.4, 0.5) is 0 Å². The number of pyridine rings is 1. The summed E-state index contributed by atoms with van der Waals surface area (Å²) in [6, 6.07) is 1.67. The number of fused-ring (bicyclic) bond motifs is 1. The van der Waals surface area contributed by atoms with Gasteiger partial charge in [-0.1, -0.05) is 0 Å². The van der Waals surface area contributed by atoms with Crippen molar-refractivity contribution in [3.8, 4) is 5.88 Å². The minimum Gasteiger partial charge on any atom is -0.493 e. The molecular formula is C14H18N4O3S. The normalized spacial score (nSPS) is 25.3. The van der Waals surface area contributed by atoms with Crippen molar-refractivity contribution in [1.29, 1.82) is 0 Å². The molecule has 3 heterocycles. The first-order chi connectivity index (χ1) is 10.4. The van der Waals surface area contributed by atoms with Crippen LogP contribution in [0, 0.1) is 0 Å². The van der Waals surface area contributed by atoms with Gasteiger partial charge in [-0.25, -0.2) is 18.5 Å². The average molecular weight is 322 g/mol. The summed E-state index contributed by atoms with van der Waals surface area (Å²) in [4.78, 5) is 20.4. The Labute approximate surface area is 128 Å². The third-order valence-corrected chi connectivity index (χ3v) is 6.77. The second kappa shape index (κ2) is 5.35. The Morgan fingerprint density at radius 1 is 1.36 bits per heavy atom. The van der Waals surface area contributed by atoms with E-state index in [0.717, 1.165) is 0 Å². The molecule has 1 aliphatic rings. The molecule has 1 aliphatic heterocycles. The molecule has 0 saturated carbocycles. The molecule has 8 heteroatoms. The fourth-order valence-electron chi connectivity index (χ4n) is 2.97. The van der Waals surface area contributed by atoms with E-state index >= 15 is 0 Å². The van der Waals surface area contributed by atoms with E-state index in [1.165, 1.54) is 10.9 Å². The Kier molecular flexibility index (Phi) is 3.64. The van der Waals surface area contributed by atoms with Gasteiger partial charge in [0.1, 0.15) is 12.0 Å². The molecule has 3 rings (SSSR count). The first kappa shape index (κ1) is 15.0. The number of nitrogens with zero attached hydrogens (tertiary/aromatic N) is 4. The van der Waals surface area contributed by atoms with Gasteiger partial charge in [0.15, 0.2) is 0 Å². The molecule has 0 amide bonds. The van der Waals surface area contributed by atoms with Gasteiger partial charge >= 0.3 is 0 Å². The van der Waals surface area contributed by atoms with Crippen LogP contribution in [-0.2, 0) is 16.8 Å². The minimum absolute atomic E-state index is 0.0269. The topological polar surface area (TPSA) is 97.4 Å². The molecule has 2 aromatic rings. The van der Waals surface area contributed by atoms with Crippen molar-refractivity contribution < 1.29 is 9.32 Å². The maximum atomic E-state index is 12.6. The highest BCUT2D eigenvalue weighted by atomic mass is 32.2. The Morgan fingerprint density at radius 2 is 2.05 bits per heavy atom. The van der Waals surface area contributed by atoms with Crippen LogP contribution in [0.1, 0.15) is 24.3 Å². The Hall–Kier alpha value is -1.96. The predicted molar refractivity (Wildman–Crippen MR) is 84.6 cm³/mol. The third-order valence-electron chi connectivity index (χ3n) is 4.35. The van der Waals surface area contributed by atoms with Crippen molar-refractivity contribution in [2.75, 3.05) is 18.6 Å². The van der Waals surface area contributed by atoms with Crippen molar-refractivity contribution in [3.05, 3.63) is 28.3 Å². The molecule has 1 saturated heterocycles. The molecule has 0 unspecified atom stereocenters. The van der Waals surface area contributed by atoms with Crippen molar-refractivity contribution in [1.82, 2.24) is 14.5 Å². The van der Waals surface area contributed by atoms with E-state index in [0.29, 0.717) is 40.9 Å². The Balaban J connectivity index is 2.09. The lowest BCUT2D eigenvalue weighted by Gasteiger charge is -2.24. The number of aryl methyl sites for hydroxylation is 1. The van der Waals surface area contributed by atoms with Gasteiger partial charge in [-0.05, 0) is 24.8 Å². The van der Waals surface area contributed by atoms with Crippen molar-refractivity contribution in [2.45, 2.75) is 18.8 Å². The second-order valence-electron chi connectivity index (χ2n) is 5.54. The molecular weight excluding hydrogens is 304 g/mol. The molecule has 0 atom stereocenters. The number of aromatic hydroxyl groups is 1. The molecule has 0 aromatic carbocycles. The SMILES string of the molecule is CN=S1(=O)CCC(c2cc3c(O)ncnc3n(C)c2=O)CC1. The summed E-state index contributed by atoms with van der Waals surface area (Å²) in [7, 11) is 1.12. The fourth-order valence-corrected chi connectivity index (χ4v) is 4.84. The quantitative estimate of drug-likeness (QED) is 0.845. The van der Waals surface area contributed by atoms with Crippen molar-refractivity contribution in [2.24, 2.45) is 11.4 Å². The molecule has 0 aliphatic carbocycles. The summed E-state index contributed by atoms with van der Waals surface area (Å²) in [6.07, 6.45) is 2.55. The van der Waals surface area contributed by atoms with E-state index in [1.807, 2.05) is 0 Å². The van der Waals surface area contributed by atoms with Gasteiger partial charge in [-0.15, -0.1) is 0 Å². The first-order valence-corrected chi connectivity index (χ1v) is 8.95. The van der Waals surface area contributed by atoms with Crippen LogP contribution in [0.25, 0.3) is 11.0 Å². The number of hydrogen-bond acceptors (Lipinski definition) is 6. The summed E-state index contributed by atoms with van der Waals surface area (Å²) in [5.74, 6) is 0.906. The summed E-state index contributed by atoms with van der Waals surface area (Å²) in [5, 5.41) is 10.4. The van der Waals surface area contributed by atoms with E-state index in [2.05, 4.69) is 14.3 Å². The molecule has 7 nitrogen and oxygen atoms in total. The van der Waals surface area contributed by atoms with E-state index in [1.54, 1.807) is 20.2 Å². The molecule has 2 aromatic heterocycles. The summed E-state index contributed by atoms with van der Waals surface area (Å²) in [5.41, 5.74) is 0.902. The van der Waals surface area contributed by atoms with E-state index in [4.69, 9.17) is 0 Å². The summed E-state index contributed by atoms with van der Waals surface area (Å²) in [6.45, 7) is 0. The monoisotopic (exact) mass is 322 g/mol. The lowest BCUT2D eigenvalue weighted by atomic mass is 9.94. The standard InChI is InChI=1S/C14H18N4O3S/c1-15-22(21)5-3-9(4-6-22)10-7-11-12(18(2)14(10)20)16-8-17-13(11)19/h7-9H,3-6H2,1-2H3,(H,16,17,19). The molecule has 118 valence electrons. The van der Waals surface area contributed by atoms with Gasteiger partial charge in [0.25, 0.3) is 5.56 Å². The summed E-state index contributed by atoms with van der Waals surface area (Å²) >= 11 is 0. The zero-order chi connectivity index (χ0) is 15.9. The van der Waals surface area contributed by atoms with Crippen LogP contribution < -0.4 is 5.56 Å². The van der Waals surface area contributed by atoms with E-state index < -0.39 is 9.73 Å². The maximum Gasteiger partial charge on any atom is 0.255 e. The van der Waals surface area contributed by atoms with Gasteiger partial charge in [0.2, 0.25) is 5.88 Å². The fraction of sp³-hybridized carbons (Fsp3) is 0.500. The van der Waals surface area contributed by atoms with Gasteiger partial charge in [-0.3, -0.25) is 9.36 Å². The van der Waals surface area contributed by atoms with Gasteiger partial charge in [0, 0.05) is 40.9 Å². The third kappa shape index (κ3) is 2.37. The first-order valence-electron chi connectivity index (χ1n) is 7.09. The lowest BCUT2D eigenvalue weighted by molar-refractivity contribution is 0.458. The van der Waals surface area contributed by atoms with Crippen molar-refractivity contribution in [3.63, 3.8) is 0 Å². The highest BCUT2D eigenvalue weighted by Crippen LogP contribution is 2.30. The van der Waals surface area contributed by atoms with Crippen LogP contribution in [0.3, 0.4) is 0 Å². The van der Waals surface area contributed by atoms with Gasteiger partial charge in [-0.2, -0.15) is 0 Å². The highest BCUT2D eigenvalue weighted by molar-refractivity contribution is 7.93. The molecule has 1 N–H and O–H groups in total. The predicted octanol–water partition coefficient (Wildman–Crippen LogP) is 1.01. The number of hydrogen-bond donors (Lipinski definition) is 1. The number of aromatic nitrogens is 3. The van der Waals surface area contributed by atoms with Crippen molar-refractivity contribution >= 4 is 20.8 Å². The van der Waals surface area contributed by atoms with Crippen LogP contribution in [0.5, 0.6) is 5.88 Å². The maximum absolute atomic E-state index is 12.6. The van der Waals surface area contributed by atoms with Crippen LogP contribution >= 0.6 is 0 Å². The second-order valence-corrected chi connectivity index (χ2v) is 8.26. The van der Waals surface area contributed by atoms with E-state index in [9.17, 15) is 14.1 Å². The lowest BCUT2D eigenvalue weighted by Crippen LogP contribution is -2.29. The van der Waals surface area contributed by atoms with Gasteiger partial charge in [0.05, 0.1) is 5.39 Å². The van der Waals surface area contributed by atoms with Crippen LogP contribution in [0.2, 0.25) is 0 Å². The zero-order valence-electron chi connectivity index (χ0n) is 12.5. The molecule has 1 fully saturated rings. The zero-order valence-corrected chi connectivity index (χ0v) is 13.3. The largest absolute Gasteiger partial charge is 0.493 e. The minimum atomic E-state index is -2.10. The highest BCUT2D eigenvalue weighted by Gasteiger charge is 2.26. The van der Waals surface area contributed by atoms with Crippen LogP contribution in [0.15, 0.2) is 21.6 Å². The smallest absolute Gasteiger partial charge is 0.255 e. The van der Waals surface area contributed by atoms with Gasteiger partial charge < -0.3 is 5.11 Å². The van der Waals surface area contributed by atoms with E-state index in [-0.39, 0.29) is 17.4 Å². The molecule has 0 radical (unpaired) electrons. The number of rotatable bonds is 1. The Bertz CT molecular complexity index is 898. The molecule has 0 spiro atoms. The van der Waals surface area contributed by atoms with Crippen LogP contribution in [-0.4, -0.2) is 42.4 Å². The molecule has 0 bridgehead atoms. The molecule has 22 heavy (non-hydrogen) atoms. The Morgan fingerprint density at radius 3 is 2.68 bits per heavy atom. The average Bonchev–Trinajstić information content (AvgIpc) is 2.52. The summed E-state index contributed by atoms with van der Waals surface area (Å²) < 4.78 is 17.7.